The molecule has 1 aliphatic rings. The van der Waals surface area contributed by atoms with Crippen molar-refractivity contribution in [1.82, 2.24) is 5.32 Å². The van der Waals surface area contributed by atoms with E-state index in [2.05, 4.69) is 5.32 Å². The van der Waals surface area contributed by atoms with Crippen LogP contribution in [0.4, 0.5) is 13.2 Å². The number of methoxy groups -OCH3 is 1. The molecule has 3 atom stereocenters. The van der Waals surface area contributed by atoms with Crippen LogP contribution in [0.1, 0.15) is 32.6 Å². The molecular weight excluding hydrogens is 291 g/mol. The van der Waals surface area contributed by atoms with E-state index in [4.69, 9.17) is 9.84 Å². The van der Waals surface area contributed by atoms with Gasteiger partial charge in [0.05, 0.1) is 12.5 Å². The summed E-state index contributed by atoms with van der Waals surface area (Å²) in [5, 5.41) is 11.4. The van der Waals surface area contributed by atoms with Crippen molar-refractivity contribution in [3.05, 3.63) is 0 Å². The van der Waals surface area contributed by atoms with E-state index in [1.165, 1.54) is 14.0 Å². The van der Waals surface area contributed by atoms with Crippen LogP contribution >= 0.6 is 0 Å². The molecule has 1 rings (SSSR count). The van der Waals surface area contributed by atoms with Crippen LogP contribution in [-0.2, 0) is 14.3 Å². The first-order chi connectivity index (χ1) is 9.60. The van der Waals surface area contributed by atoms with Crippen LogP contribution in [0.15, 0.2) is 0 Å². The van der Waals surface area contributed by atoms with Gasteiger partial charge in [-0.1, -0.05) is 6.42 Å². The molecule has 0 saturated heterocycles. The lowest BCUT2D eigenvalue weighted by molar-refractivity contribution is -0.186. The van der Waals surface area contributed by atoms with E-state index in [0.29, 0.717) is 12.8 Å². The van der Waals surface area contributed by atoms with Crippen molar-refractivity contribution in [2.45, 2.75) is 44.3 Å². The van der Waals surface area contributed by atoms with Gasteiger partial charge in [-0.15, -0.1) is 0 Å². The van der Waals surface area contributed by atoms with E-state index in [-0.39, 0.29) is 19.4 Å². The Hall–Kier alpha value is -1.31. The Bertz CT molecular complexity index is 399. The molecule has 5 nitrogen and oxygen atoms in total. The second-order valence-corrected chi connectivity index (χ2v) is 5.66. The maximum absolute atomic E-state index is 12.7. The molecule has 1 aliphatic carbocycles. The van der Waals surface area contributed by atoms with Gasteiger partial charge in [0.25, 0.3) is 0 Å². The summed E-state index contributed by atoms with van der Waals surface area (Å²) in [6, 6.07) is 0. The molecule has 0 aromatic carbocycles. The number of halogens is 3. The third-order valence-corrected chi connectivity index (χ3v) is 3.81. The molecule has 0 aliphatic heterocycles. The number of amides is 1. The molecule has 1 saturated carbocycles. The third kappa shape index (κ3) is 4.59. The molecule has 0 radical (unpaired) electrons. The van der Waals surface area contributed by atoms with E-state index in [1.54, 1.807) is 0 Å². The lowest BCUT2D eigenvalue weighted by Crippen LogP contribution is -2.57. The molecule has 1 fully saturated rings. The van der Waals surface area contributed by atoms with Crippen molar-refractivity contribution in [2.75, 3.05) is 13.7 Å². The zero-order chi connectivity index (χ0) is 16.3. The number of aliphatic carboxylic acids is 1. The summed E-state index contributed by atoms with van der Waals surface area (Å²) in [5.41, 5.74) is -1.64. The second-order valence-electron chi connectivity index (χ2n) is 5.66. The smallest absolute Gasteiger partial charge is 0.391 e. The maximum atomic E-state index is 12.7. The largest absolute Gasteiger partial charge is 0.479 e. The number of ether oxygens (including phenoxy) is 1. The topological polar surface area (TPSA) is 75.6 Å². The van der Waals surface area contributed by atoms with Crippen molar-refractivity contribution in [3.63, 3.8) is 0 Å². The van der Waals surface area contributed by atoms with Gasteiger partial charge >= 0.3 is 12.1 Å². The summed E-state index contributed by atoms with van der Waals surface area (Å²) >= 11 is 0. The zero-order valence-corrected chi connectivity index (χ0v) is 12.0. The average Bonchev–Trinajstić information content (AvgIpc) is 2.38. The number of rotatable bonds is 5. The highest BCUT2D eigenvalue weighted by atomic mass is 19.4. The van der Waals surface area contributed by atoms with Crippen LogP contribution in [0, 0.1) is 11.8 Å². The molecule has 0 bridgehead atoms. The summed E-state index contributed by atoms with van der Waals surface area (Å²) in [6.45, 7) is 1.00. The van der Waals surface area contributed by atoms with E-state index in [1.807, 2.05) is 0 Å². The first-order valence-electron chi connectivity index (χ1n) is 6.71. The number of hydrogen-bond acceptors (Lipinski definition) is 3. The number of nitrogens with one attached hydrogen (secondary N) is 1. The van der Waals surface area contributed by atoms with Crippen LogP contribution in [0.25, 0.3) is 0 Å². The van der Waals surface area contributed by atoms with Crippen molar-refractivity contribution < 1.29 is 32.6 Å². The van der Waals surface area contributed by atoms with Gasteiger partial charge in [-0.3, -0.25) is 4.79 Å². The van der Waals surface area contributed by atoms with Crippen molar-refractivity contribution in [3.8, 4) is 0 Å². The molecule has 3 unspecified atom stereocenters. The molecule has 8 heteroatoms. The van der Waals surface area contributed by atoms with Crippen LogP contribution in [0.3, 0.4) is 0 Å². The third-order valence-electron chi connectivity index (χ3n) is 3.81. The molecule has 0 heterocycles. The van der Waals surface area contributed by atoms with Gasteiger partial charge in [-0.2, -0.15) is 13.2 Å². The second kappa shape index (κ2) is 6.64. The highest BCUT2D eigenvalue weighted by Crippen LogP contribution is 2.40. The molecule has 122 valence electrons. The molecule has 0 aromatic heterocycles. The normalized spacial score (nSPS) is 26.0. The quantitative estimate of drug-likeness (QED) is 0.814. The van der Waals surface area contributed by atoms with E-state index in [9.17, 15) is 22.8 Å². The summed E-state index contributed by atoms with van der Waals surface area (Å²) < 4.78 is 42.9. The number of carboxylic acids is 1. The Morgan fingerprint density at radius 3 is 2.43 bits per heavy atom. The van der Waals surface area contributed by atoms with Gasteiger partial charge in [0.15, 0.2) is 5.54 Å². The molecule has 0 aromatic rings. The standard InChI is InChI=1S/C13H20F3NO4/c1-12(7-21-2,11(19)20)17-10(18)8-4-3-5-9(6-8)13(14,15)16/h8-9H,3-7H2,1-2H3,(H,17,18)(H,19,20). The Morgan fingerprint density at radius 1 is 1.33 bits per heavy atom. The lowest BCUT2D eigenvalue weighted by atomic mass is 9.80. The van der Waals surface area contributed by atoms with Gasteiger partial charge in [0, 0.05) is 13.0 Å². The number of carbonyl (C=O) groups excluding carboxylic acids is 1. The SMILES string of the molecule is COCC(C)(NC(=O)C1CCCC(C(F)(F)F)C1)C(=O)O. The molecule has 21 heavy (non-hydrogen) atoms. The average molecular weight is 311 g/mol. The van der Waals surface area contributed by atoms with Crippen molar-refractivity contribution in [2.24, 2.45) is 11.8 Å². The number of carboxylic acid groups (broad SMARTS) is 1. The lowest BCUT2D eigenvalue weighted by Gasteiger charge is -2.32. The number of carbonyl (C=O) groups is 2. The Labute approximate surface area is 120 Å². The Balaban J connectivity index is 2.72. The fraction of sp³-hybridized carbons (Fsp3) is 0.846. The highest BCUT2D eigenvalue weighted by Gasteiger charge is 2.45. The molecular formula is C13H20F3NO4. The van der Waals surface area contributed by atoms with E-state index >= 15 is 0 Å². The summed E-state index contributed by atoms with van der Waals surface area (Å²) in [5.74, 6) is -4.27. The van der Waals surface area contributed by atoms with Gasteiger partial charge in [-0.05, 0) is 26.2 Å². The molecule has 2 N–H and O–H groups in total. The number of alkyl halides is 3. The van der Waals surface area contributed by atoms with E-state index < -0.39 is 35.4 Å². The minimum Gasteiger partial charge on any atom is -0.479 e. The van der Waals surface area contributed by atoms with Crippen molar-refractivity contribution >= 4 is 11.9 Å². The van der Waals surface area contributed by atoms with Gasteiger partial charge < -0.3 is 15.2 Å². The van der Waals surface area contributed by atoms with E-state index in [0.717, 1.165) is 0 Å². The maximum Gasteiger partial charge on any atom is 0.391 e. The molecule has 0 spiro atoms. The van der Waals surface area contributed by atoms with Gasteiger partial charge in [0.2, 0.25) is 5.91 Å². The first kappa shape index (κ1) is 17.7. The Kier molecular flexibility index (Phi) is 5.61. The predicted molar refractivity (Wildman–Crippen MR) is 67.6 cm³/mol. The van der Waals surface area contributed by atoms with Gasteiger partial charge in [-0.25, -0.2) is 4.79 Å². The fourth-order valence-corrected chi connectivity index (χ4v) is 2.54. The minimum absolute atomic E-state index is 0.0154. The Morgan fingerprint density at radius 2 is 1.95 bits per heavy atom. The monoisotopic (exact) mass is 311 g/mol. The van der Waals surface area contributed by atoms with Crippen LogP contribution in [0.2, 0.25) is 0 Å². The van der Waals surface area contributed by atoms with Gasteiger partial charge in [0.1, 0.15) is 0 Å². The summed E-state index contributed by atoms with van der Waals surface area (Å²) in [7, 11) is 1.29. The fourth-order valence-electron chi connectivity index (χ4n) is 2.54. The summed E-state index contributed by atoms with van der Waals surface area (Å²) in [4.78, 5) is 23.2. The minimum atomic E-state index is -4.32. The van der Waals surface area contributed by atoms with Crippen LogP contribution < -0.4 is 5.32 Å². The number of hydrogen-bond donors (Lipinski definition) is 2. The van der Waals surface area contributed by atoms with Crippen molar-refractivity contribution in [1.29, 1.82) is 0 Å². The first-order valence-corrected chi connectivity index (χ1v) is 6.71. The van der Waals surface area contributed by atoms with Crippen LogP contribution in [-0.4, -0.2) is 42.4 Å². The highest BCUT2D eigenvalue weighted by molar-refractivity contribution is 5.88. The zero-order valence-electron chi connectivity index (χ0n) is 12.0. The molecule has 1 amide bonds. The van der Waals surface area contributed by atoms with Crippen LogP contribution in [0.5, 0.6) is 0 Å². The summed E-state index contributed by atoms with van der Waals surface area (Å²) in [6.07, 6.45) is -3.96. The predicted octanol–water partition coefficient (Wildman–Crippen LogP) is 1.96.